The van der Waals surface area contributed by atoms with Gasteiger partial charge in [0.1, 0.15) is 5.01 Å². The summed E-state index contributed by atoms with van der Waals surface area (Å²) in [5.74, 6) is 0.555. The van der Waals surface area contributed by atoms with Gasteiger partial charge in [0, 0.05) is 11.4 Å². The summed E-state index contributed by atoms with van der Waals surface area (Å²) in [7, 11) is 0. The van der Waals surface area contributed by atoms with E-state index in [-0.39, 0.29) is 5.54 Å². The normalized spacial score (nSPS) is 23.5. The lowest BCUT2D eigenvalue weighted by Gasteiger charge is -2.28. The minimum atomic E-state index is 0.235. The Morgan fingerprint density at radius 1 is 1.35 bits per heavy atom. The third kappa shape index (κ3) is 2.27. The first kappa shape index (κ1) is 11.7. The van der Waals surface area contributed by atoms with E-state index in [1.807, 2.05) is 11.3 Å². The van der Waals surface area contributed by atoms with Crippen LogP contribution in [0.3, 0.4) is 0 Å². The second-order valence-corrected chi connectivity index (χ2v) is 6.80. The summed E-state index contributed by atoms with van der Waals surface area (Å²) in [6.45, 7) is 4.46. The van der Waals surface area contributed by atoms with Gasteiger partial charge in [0.15, 0.2) is 0 Å². The lowest BCUT2D eigenvalue weighted by atomic mass is 9.98. The number of aromatic nitrogens is 1. The first-order valence-electron chi connectivity index (χ1n) is 6.93. The number of thiazole rings is 1. The zero-order valence-corrected chi connectivity index (χ0v) is 11.6. The second kappa shape index (κ2) is 4.36. The van der Waals surface area contributed by atoms with Crippen LogP contribution in [-0.4, -0.2) is 11.0 Å². The van der Waals surface area contributed by atoms with E-state index in [9.17, 15) is 0 Å². The third-order valence-electron chi connectivity index (χ3n) is 4.04. The lowest BCUT2D eigenvalue weighted by Crippen LogP contribution is -2.41. The SMILES string of the molecule is CC(C)c1csc(C2(NC3CC3)CCCC2)n1. The van der Waals surface area contributed by atoms with Crippen molar-refractivity contribution in [1.82, 2.24) is 10.3 Å². The van der Waals surface area contributed by atoms with Gasteiger partial charge in [-0.25, -0.2) is 4.98 Å². The summed E-state index contributed by atoms with van der Waals surface area (Å²) in [5.41, 5.74) is 1.51. The molecule has 17 heavy (non-hydrogen) atoms. The number of hydrogen-bond acceptors (Lipinski definition) is 3. The molecule has 2 aliphatic rings. The van der Waals surface area contributed by atoms with Crippen molar-refractivity contribution < 1.29 is 0 Å². The Bertz CT molecular complexity index is 387. The lowest BCUT2D eigenvalue weighted by molar-refractivity contribution is 0.335. The molecular formula is C14H22N2S. The molecule has 0 amide bonds. The topological polar surface area (TPSA) is 24.9 Å². The number of rotatable bonds is 4. The van der Waals surface area contributed by atoms with Gasteiger partial charge >= 0.3 is 0 Å². The molecule has 3 rings (SSSR count). The monoisotopic (exact) mass is 250 g/mol. The van der Waals surface area contributed by atoms with Crippen LogP contribution in [0.1, 0.15) is 69.0 Å². The molecule has 0 aromatic carbocycles. The molecule has 0 radical (unpaired) electrons. The van der Waals surface area contributed by atoms with Gasteiger partial charge in [0.05, 0.1) is 11.2 Å². The summed E-state index contributed by atoms with van der Waals surface area (Å²) >= 11 is 1.87. The van der Waals surface area contributed by atoms with Crippen LogP contribution in [0.2, 0.25) is 0 Å². The molecule has 0 spiro atoms. The Hall–Kier alpha value is -0.410. The van der Waals surface area contributed by atoms with E-state index >= 15 is 0 Å². The molecule has 1 aromatic heterocycles. The molecule has 0 aliphatic heterocycles. The Morgan fingerprint density at radius 2 is 2.06 bits per heavy atom. The predicted octanol–water partition coefficient (Wildman–Crippen LogP) is 3.79. The Balaban J connectivity index is 1.85. The predicted molar refractivity (Wildman–Crippen MR) is 72.5 cm³/mol. The summed E-state index contributed by atoms with van der Waals surface area (Å²) in [6.07, 6.45) is 8.02. The van der Waals surface area contributed by atoms with E-state index in [4.69, 9.17) is 4.98 Å². The minimum absolute atomic E-state index is 0.235. The zero-order chi connectivity index (χ0) is 11.9. The van der Waals surface area contributed by atoms with E-state index in [1.54, 1.807) is 0 Å². The fraction of sp³-hybridized carbons (Fsp3) is 0.786. The quantitative estimate of drug-likeness (QED) is 0.879. The smallest absolute Gasteiger partial charge is 0.113 e. The summed E-state index contributed by atoms with van der Waals surface area (Å²) in [4.78, 5) is 4.90. The molecule has 0 saturated heterocycles. The molecule has 2 nitrogen and oxygen atoms in total. The van der Waals surface area contributed by atoms with Gasteiger partial charge in [-0.15, -0.1) is 11.3 Å². The average molecular weight is 250 g/mol. The van der Waals surface area contributed by atoms with Crippen molar-refractivity contribution in [2.45, 2.75) is 69.9 Å². The van der Waals surface area contributed by atoms with Crippen LogP contribution in [0.4, 0.5) is 0 Å². The standard InChI is InChI=1S/C14H22N2S/c1-10(2)12-9-17-13(15-12)14(7-3-4-8-14)16-11-5-6-11/h9-11,16H,3-8H2,1-2H3. The highest BCUT2D eigenvalue weighted by Crippen LogP contribution is 2.42. The second-order valence-electron chi connectivity index (χ2n) is 5.94. The molecule has 1 heterocycles. The molecule has 1 N–H and O–H groups in total. The maximum atomic E-state index is 4.90. The van der Waals surface area contributed by atoms with Crippen LogP contribution < -0.4 is 5.32 Å². The molecule has 2 aliphatic carbocycles. The first-order valence-corrected chi connectivity index (χ1v) is 7.81. The number of hydrogen-bond donors (Lipinski definition) is 1. The molecule has 94 valence electrons. The summed E-state index contributed by atoms with van der Waals surface area (Å²) < 4.78 is 0. The van der Waals surface area contributed by atoms with Crippen molar-refractivity contribution in [2.75, 3.05) is 0 Å². The Kier molecular flexibility index (Phi) is 2.99. The first-order chi connectivity index (χ1) is 8.20. The third-order valence-corrected chi connectivity index (χ3v) is 5.10. The molecule has 0 unspecified atom stereocenters. The van der Waals surface area contributed by atoms with E-state index in [0.29, 0.717) is 5.92 Å². The highest BCUT2D eigenvalue weighted by Gasteiger charge is 2.41. The fourth-order valence-electron chi connectivity index (χ4n) is 2.79. The van der Waals surface area contributed by atoms with E-state index in [2.05, 4.69) is 24.5 Å². The van der Waals surface area contributed by atoms with E-state index in [1.165, 1.54) is 49.2 Å². The maximum Gasteiger partial charge on any atom is 0.113 e. The van der Waals surface area contributed by atoms with Crippen LogP contribution in [0.25, 0.3) is 0 Å². The molecule has 2 saturated carbocycles. The molecule has 0 atom stereocenters. The maximum absolute atomic E-state index is 4.90. The molecular weight excluding hydrogens is 228 g/mol. The van der Waals surface area contributed by atoms with Crippen LogP contribution in [0.15, 0.2) is 5.38 Å². The minimum Gasteiger partial charge on any atom is -0.303 e. The van der Waals surface area contributed by atoms with Gasteiger partial charge < -0.3 is 5.32 Å². The van der Waals surface area contributed by atoms with Gasteiger partial charge in [0.25, 0.3) is 0 Å². The van der Waals surface area contributed by atoms with Gasteiger partial charge in [-0.3, -0.25) is 0 Å². The van der Waals surface area contributed by atoms with Crippen LogP contribution >= 0.6 is 11.3 Å². The van der Waals surface area contributed by atoms with E-state index in [0.717, 1.165) is 6.04 Å². The highest BCUT2D eigenvalue weighted by atomic mass is 32.1. The van der Waals surface area contributed by atoms with Crippen molar-refractivity contribution in [3.8, 4) is 0 Å². The van der Waals surface area contributed by atoms with Gasteiger partial charge in [-0.1, -0.05) is 26.7 Å². The molecule has 3 heteroatoms. The molecule has 1 aromatic rings. The Labute approximate surface area is 108 Å². The average Bonchev–Trinajstić information content (AvgIpc) is 2.84. The van der Waals surface area contributed by atoms with Crippen LogP contribution in [0.5, 0.6) is 0 Å². The van der Waals surface area contributed by atoms with Gasteiger partial charge in [-0.05, 0) is 31.6 Å². The summed E-state index contributed by atoms with van der Waals surface area (Å²) in [5, 5.41) is 7.49. The fourth-order valence-corrected chi connectivity index (χ4v) is 3.99. The van der Waals surface area contributed by atoms with Crippen LogP contribution in [0, 0.1) is 0 Å². The largest absolute Gasteiger partial charge is 0.303 e. The van der Waals surface area contributed by atoms with Crippen molar-refractivity contribution in [1.29, 1.82) is 0 Å². The van der Waals surface area contributed by atoms with Gasteiger partial charge in [0.2, 0.25) is 0 Å². The highest BCUT2D eigenvalue weighted by molar-refractivity contribution is 7.09. The zero-order valence-electron chi connectivity index (χ0n) is 10.8. The number of nitrogens with zero attached hydrogens (tertiary/aromatic N) is 1. The number of nitrogens with one attached hydrogen (secondary N) is 1. The molecule has 2 fully saturated rings. The van der Waals surface area contributed by atoms with Crippen molar-refractivity contribution in [3.05, 3.63) is 16.1 Å². The summed E-state index contributed by atoms with van der Waals surface area (Å²) in [6, 6.07) is 0.777. The molecule has 0 bridgehead atoms. The Morgan fingerprint density at radius 3 is 2.59 bits per heavy atom. The van der Waals surface area contributed by atoms with Crippen molar-refractivity contribution >= 4 is 11.3 Å². The van der Waals surface area contributed by atoms with Gasteiger partial charge in [-0.2, -0.15) is 0 Å². The van der Waals surface area contributed by atoms with E-state index < -0.39 is 0 Å². The van der Waals surface area contributed by atoms with Crippen molar-refractivity contribution in [2.24, 2.45) is 0 Å². The van der Waals surface area contributed by atoms with Crippen LogP contribution in [-0.2, 0) is 5.54 Å². The van der Waals surface area contributed by atoms with Crippen molar-refractivity contribution in [3.63, 3.8) is 0 Å².